The van der Waals surface area contributed by atoms with Crippen LogP contribution in [0, 0.1) is 12.8 Å². The number of carbonyl (C=O) groups excluding carboxylic acids is 1. The molecular formula is C13H20N2O2. The van der Waals surface area contributed by atoms with Gasteiger partial charge < -0.3 is 10.1 Å². The Balaban J connectivity index is 2.67. The van der Waals surface area contributed by atoms with Gasteiger partial charge in [0, 0.05) is 12.8 Å². The van der Waals surface area contributed by atoms with E-state index >= 15 is 0 Å². The van der Waals surface area contributed by atoms with E-state index in [9.17, 15) is 4.79 Å². The number of hydrogen-bond acceptors (Lipinski definition) is 3. The molecule has 0 spiro atoms. The molecule has 1 N–H and O–H groups in total. The lowest BCUT2D eigenvalue weighted by Gasteiger charge is -2.20. The predicted octanol–water partition coefficient (Wildman–Crippen LogP) is 2.39. The van der Waals surface area contributed by atoms with Crippen molar-refractivity contribution in [2.75, 3.05) is 12.4 Å². The van der Waals surface area contributed by atoms with Crippen LogP contribution in [0.15, 0.2) is 18.3 Å². The van der Waals surface area contributed by atoms with Gasteiger partial charge in [-0.25, -0.2) is 0 Å². The second-order valence-corrected chi connectivity index (χ2v) is 4.22. The molecule has 4 heteroatoms. The van der Waals surface area contributed by atoms with Crippen LogP contribution < -0.4 is 5.32 Å². The quantitative estimate of drug-likeness (QED) is 0.854. The van der Waals surface area contributed by atoms with Gasteiger partial charge in [0.2, 0.25) is 0 Å². The fourth-order valence-electron chi connectivity index (χ4n) is 1.57. The van der Waals surface area contributed by atoms with Gasteiger partial charge in [0.05, 0.1) is 11.9 Å². The number of amides is 1. The van der Waals surface area contributed by atoms with Crippen LogP contribution in [-0.4, -0.2) is 24.1 Å². The lowest BCUT2D eigenvalue weighted by molar-refractivity contribution is -0.128. The standard InChI is InChI=1S/C13H20N2O2/c1-5-9(2)12(17-4)13(16)15-11-7-6-10(3)14-8-11/h6-9,12H,5H2,1-4H3,(H,15,16). The minimum atomic E-state index is -0.415. The van der Waals surface area contributed by atoms with Crippen molar-refractivity contribution in [2.45, 2.75) is 33.3 Å². The Labute approximate surface area is 102 Å². The summed E-state index contributed by atoms with van der Waals surface area (Å²) in [6, 6.07) is 3.70. The molecule has 0 bridgehead atoms. The molecule has 94 valence electrons. The first-order chi connectivity index (χ1) is 8.08. The Morgan fingerprint density at radius 2 is 2.24 bits per heavy atom. The Hall–Kier alpha value is -1.42. The number of aromatic nitrogens is 1. The highest BCUT2D eigenvalue weighted by Crippen LogP contribution is 2.14. The van der Waals surface area contributed by atoms with Crippen molar-refractivity contribution in [3.05, 3.63) is 24.0 Å². The molecule has 0 saturated carbocycles. The molecule has 1 rings (SSSR count). The van der Waals surface area contributed by atoms with E-state index in [1.54, 1.807) is 13.3 Å². The summed E-state index contributed by atoms with van der Waals surface area (Å²) in [6.45, 7) is 5.95. The highest BCUT2D eigenvalue weighted by Gasteiger charge is 2.23. The summed E-state index contributed by atoms with van der Waals surface area (Å²) in [5.74, 6) is 0.0749. The Bertz CT molecular complexity index is 362. The zero-order valence-corrected chi connectivity index (χ0v) is 10.9. The molecule has 0 radical (unpaired) electrons. The molecule has 0 aromatic carbocycles. The molecule has 4 nitrogen and oxygen atoms in total. The highest BCUT2D eigenvalue weighted by molar-refractivity contribution is 5.94. The Morgan fingerprint density at radius 1 is 1.53 bits per heavy atom. The molecule has 1 aromatic rings. The second kappa shape index (κ2) is 6.35. The molecule has 0 saturated heterocycles. The van der Waals surface area contributed by atoms with Gasteiger partial charge in [-0.3, -0.25) is 9.78 Å². The molecular weight excluding hydrogens is 216 g/mol. The highest BCUT2D eigenvalue weighted by atomic mass is 16.5. The maximum atomic E-state index is 12.0. The van der Waals surface area contributed by atoms with E-state index in [2.05, 4.69) is 10.3 Å². The monoisotopic (exact) mass is 236 g/mol. The molecule has 2 unspecified atom stereocenters. The van der Waals surface area contributed by atoms with Crippen LogP contribution >= 0.6 is 0 Å². The van der Waals surface area contributed by atoms with Crippen molar-refractivity contribution in [2.24, 2.45) is 5.92 Å². The van der Waals surface area contributed by atoms with Gasteiger partial charge in [0.1, 0.15) is 6.10 Å². The van der Waals surface area contributed by atoms with Gasteiger partial charge in [-0.05, 0) is 25.0 Å². The molecule has 0 aliphatic rings. The smallest absolute Gasteiger partial charge is 0.253 e. The van der Waals surface area contributed by atoms with Gasteiger partial charge in [-0.1, -0.05) is 20.3 Å². The predicted molar refractivity (Wildman–Crippen MR) is 67.9 cm³/mol. The zero-order valence-electron chi connectivity index (χ0n) is 10.9. The summed E-state index contributed by atoms with van der Waals surface area (Å²) in [5.41, 5.74) is 1.62. The van der Waals surface area contributed by atoms with Crippen LogP contribution in [-0.2, 0) is 9.53 Å². The number of nitrogens with zero attached hydrogens (tertiary/aromatic N) is 1. The van der Waals surface area contributed by atoms with Crippen molar-refractivity contribution in [3.63, 3.8) is 0 Å². The van der Waals surface area contributed by atoms with Gasteiger partial charge in [-0.2, -0.15) is 0 Å². The van der Waals surface area contributed by atoms with Crippen molar-refractivity contribution >= 4 is 11.6 Å². The minimum Gasteiger partial charge on any atom is -0.371 e. The van der Waals surface area contributed by atoms with Crippen LogP contribution in [0.3, 0.4) is 0 Å². The molecule has 1 amide bonds. The number of ether oxygens (including phenoxy) is 1. The Morgan fingerprint density at radius 3 is 2.71 bits per heavy atom. The first kappa shape index (κ1) is 13.6. The van der Waals surface area contributed by atoms with Crippen molar-refractivity contribution < 1.29 is 9.53 Å². The molecule has 0 aliphatic heterocycles. The third-order valence-electron chi connectivity index (χ3n) is 2.85. The maximum absolute atomic E-state index is 12.0. The van der Waals surface area contributed by atoms with E-state index in [1.807, 2.05) is 32.9 Å². The van der Waals surface area contributed by atoms with E-state index in [4.69, 9.17) is 4.74 Å². The van der Waals surface area contributed by atoms with Crippen LogP contribution in [0.25, 0.3) is 0 Å². The Kier molecular flexibility index (Phi) is 5.10. The molecule has 17 heavy (non-hydrogen) atoms. The number of carbonyl (C=O) groups is 1. The maximum Gasteiger partial charge on any atom is 0.253 e. The van der Waals surface area contributed by atoms with Crippen molar-refractivity contribution in [3.8, 4) is 0 Å². The van der Waals surface area contributed by atoms with Gasteiger partial charge in [-0.15, -0.1) is 0 Å². The number of pyridine rings is 1. The second-order valence-electron chi connectivity index (χ2n) is 4.22. The third-order valence-corrected chi connectivity index (χ3v) is 2.85. The summed E-state index contributed by atoms with van der Waals surface area (Å²) in [7, 11) is 1.56. The number of rotatable bonds is 5. The average molecular weight is 236 g/mol. The van der Waals surface area contributed by atoms with E-state index in [0.717, 1.165) is 12.1 Å². The summed E-state index contributed by atoms with van der Waals surface area (Å²) >= 11 is 0. The van der Waals surface area contributed by atoms with Gasteiger partial charge in [0.15, 0.2) is 0 Å². The molecule has 1 aromatic heterocycles. The lowest BCUT2D eigenvalue weighted by Crippen LogP contribution is -2.34. The number of anilines is 1. The average Bonchev–Trinajstić information content (AvgIpc) is 2.32. The summed E-state index contributed by atoms with van der Waals surface area (Å²) in [6.07, 6.45) is 2.13. The van der Waals surface area contributed by atoms with Gasteiger partial charge in [0.25, 0.3) is 5.91 Å². The first-order valence-electron chi connectivity index (χ1n) is 5.84. The molecule has 1 heterocycles. The molecule has 0 fully saturated rings. The van der Waals surface area contributed by atoms with Gasteiger partial charge >= 0.3 is 0 Å². The number of aryl methyl sites for hydroxylation is 1. The SMILES string of the molecule is CCC(C)C(OC)C(=O)Nc1ccc(C)nc1. The van der Waals surface area contributed by atoms with Crippen LogP contribution in [0.5, 0.6) is 0 Å². The van der Waals surface area contributed by atoms with Crippen LogP contribution in [0.4, 0.5) is 5.69 Å². The normalized spacial score (nSPS) is 14.1. The third kappa shape index (κ3) is 3.82. The topological polar surface area (TPSA) is 51.2 Å². The molecule has 2 atom stereocenters. The fourth-order valence-corrected chi connectivity index (χ4v) is 1.57. The van der Waals surface area contributed by atoms with E-state index in [1.165, 1.54) is 0 Å². The van der Waals surface area contributed by atoms with Crippen molar-refractivity contribution in [1.82, 2.24) is 4.98 Å². The zero-order chi connectivity index (χ0) is 12.8. The lowest BCUT2D eigenvalue weighted by atomic mass is 10.0. The first-order valence-corrected chi connectivity index (χ1v) is 5.84. The van der Waals surface area contributed by atoms with Crippen molar-refractivity contribution in [1.29, 1.82) is 0 Å². The van der Waals surface area contributed by atoms with Crippen LogP contribution in [0.1, 0.15) is 26.0 Å². The number of nitrogens with one attached hydrogen (secondary N) is 1. The van der Waals surface area contributed by atoms with E-state index in [0.29, 0.717) is 5.69 Å². The van der Waals surface area contributed by atoms with E-state index < -0.39 is 6.10 Å². The molecule has 0 aliphatic carbocycles. The fraction of sp³-hybridized carbons (Fsp3) is 0.538. The summed E-state index contributed by atoms with van der Waals surface area (Å²) < 4.78 is 5.23. The summed E-state index contributed by atoms with van der Waals surface area (Å²) in [4.78, 5) is 16.1. The van der Waals surface area contributed by atoms with E-state index in [-0.39, 0.29) is 11.8 Å². The summed E-state index contributed by atoms with van der Waals surface area (Å²) in [5, 5.41) is 2.81. The van der Waals surface area contributed by atoms with Crippen LogP contribution in [0.2, 0.25) is 0 Å². The minimum absolute atomic E-state index is 0.118. The largest absolute Gasteiger partial charge is 0.371 e. The number of methoxy groups -OCH3 is 1. The number of hydrogen-bond donors (Lipinski definition) is 1.